The van der Waals surface area contributed by atoms with Crippen LogP contribution in [0, 0.1) is 19.7 Å². The number of benzene rings is 2. The van der Waals surface area contributed by atoms with Crippen molar-refractivity contribution in [3.8, 4) is 0 Å². The van der Waals surface area contributed by atoms with Crippen LogP contribution < -0.4 is 4.90 Å². The molecule has 35 heavy (non-hydrogen) atoms. The summed E-state index contributed by atoms with van der Waals surface area (Å²) in [6.45, 7) is 5.57. The number of anilines is 1. The molecule has 0 saturated carbocycles. The summed E-state index contributed by atoms with van der Waals surface area (Å²) in [7, 11) is 0. The van der Waals surface area contributed by atoms with Gasteiger partial charge in [-0.2, -0.15) is 13.2 Å². The highest BCUT2D eigenvalue weighted by Crippen LogP contribution is 2.30. The van der Waals surface area contributed by atoms with Gasteiger partial charge in [0.25, 0.3) is 5.91 Å². The molecule has 2 aromatic carbocycles. The van der Waals surface area contributed by atoms with Gasteiger partial charge < -0.3 is 9.80 Å². The van der Waals surface area contributed by atoms with Gasteiger partial charge in [-0.15, -0.1) is 0 Å². The Labute approximate surface area is 201 Å². The highest BCUT2D eigenvalue weighted by molar-refractivity contribution is 5.94. The summed E-state index contributed by atoms with van der Waals surface area (Å²) in [5.74, 6) is 0.621. The molecular formula is C26H26F4N4O. The van der Waals surface area contributed by atoms with Gasteiger partial charge in [-0.3, -0.25) is 4.79 Å². The Kier molecular flexibility index (Phi) is 7.05. The molecular weight excluding hydrogens is 460 g/mol. The van der Waals surface area contributed by atoms with Gasteiger partial charge >= 0.3 is 6.18 Å². The normalized spacial score (nSPS) is 14.7. The summed E-state index contributed by atoms with van der Waals surface area (Å²) in [5.41, 5.74) is 1.68. The quantitative estimate of drug-likeness (QED) is 0.476. The van der Waals surface area contributed by atoms with Crippen LogP contribution in [-0.4, -0.2) is 47.0 Å². The van der Waals surface area contributed by atoms with Crippen LogP contribution in [0.2, 0.25) is 0 Å². The van der Waals surface area contributed by atoms with Crippen LogP contribution in [0.4, 0.5) is 23.4 Å². The highest BCUT2D eigenvalue weighted by atomic mass is 19.4. The smallest absolute Gasteiger partial charge is 0.354 e. The number of aryl methyl sites for hydroxylation is 2. The van der Waals surface area contributed by atoms with E-state index in [1.165, 1.54) is 24.3 Å². The van der Waals surface area contributed by atoms with Gasteiger partial charge in [0.1, 0.15) is 17.5 Å². The van der Waals surface area contributed by atoms with Crippen molar-refractivity contribution in [1.29, 1.82) is 0 Å². The van der Waals surface area contributed by atoms with Crippen LogP contribution in [0.5, 0.6) is 0 Å². The maximum atomic E-state index is 13.8. The number of hydrogen-bond acceptors (Lipinski definition) is 4. The van der Waals surface area contributed by atoms with E-state index in [4.69, 9.17) is 0 Å². The lowest BCUT2D eigenvalue weighted by Crippen LogP contribution is -2.36. The van der Waals surface area contributed by atoms with Crippen molar-refractivity contribution in [2.24, 2.45) is 0 Å². The van der Waals surface area contributed by atoms with Gasteiger partial charge in [0.2, 0.25) is 0 Å². The third-order valence-electron chi connectivity index (χ3n) is 6.09. The lowest BCUT2D eigenvalue weighted by atomic mass is 10.0. The first-order valence-corrected chi connectivity index (χ1v) is 11.4. The molecule has 1 saturated heterocycles. The number of carbonyl (C=O) groups is 1. The second kappa shape index (κ2) is 10.0. The minimum absolute atomic E-state index is 0.0220. The molecule has 184 valence electrons. The van der Waals surface area contributed by atoms with Crippen molar-refractivity contribution in [3.63, 3.8) is 0 Å². The average molecular weight is 487 g/mol. The van der Waals surface area contributed by atoms with Crippen LogP contribution in [-0.2, 0) is 12.6 Å². The van der Waals surface area contributed by atoms with Gasteiger partial charge in [-0.1, -0.05) is 18.2 Å². The number of amides is 1. The zero-order chi connectivity index (χ0) is 25.2. The maximum absolute atomic E-state index is 13.8. The number of carbonyl (C=O) groups excluding carboxylic acids is 1. The Bertz CT molecular complexity index is 1230. The van der Waals surface area contributed by atoms with Crippen LogP contribution in [0.25, 0.3) is 0 Å². The molecule has 0 aliphatic carbocycles. The van der Waals surface area contributed by atoms with Crippen molar-refractivity contribution in [3.05, 3.63) is 88.1 Å². The molecule has 1 amide bonds. The van der Waals surface area contributed by atoms with Crippen LogP contribution in [0.1, 0.15) is 45.0 Å². The molecule has 1 aromatic heterocycles. The largest absolute Gasteiger partial charge is 0.416 e. The lowest BCUT2D eigenvalue weighted by molar-refractivity contribution is -0.137. The van der Waals surface area contributed by atoms with E-state index in [0.717, 1.165) is 34.8 Å². The second-order valence-electron chi connectivity index (χ2n) is 8.68. The van der Waals surface area contributed by atoms with Gasteiger partial charge in [0.15, 0.2) is 0 Å². The summed E-state index contributed by atoms with van der Waals surface area (Å²) >= 11 is 0. The Hall–Kier alpha value is -3.49. The van der Waals surface area contributed by atoms with E-state index >= 15 is 0 Å². The summed E-state index contributed by atoms with van der Waals surface area (Å²) in [4.78, 5) is 25.8. The van der Waals surface area contributed by atoms with Crippen molar-refractivity contribution < 1.29 is 22.4 Å². The summed E-state index contributed by atoms with van der Waals surface area (Å²) in [5, 5.41) is 0. The molecule has 5 nitrogen and oxygen atoms in total. The van der Waals surface area contributed by atoms with Crippen molar-refractivity contribution in [1.82, 2.24) is 14.9 Å². The van der Waals surface area contributed by atoms with Crippen LogP contribution in [0.15, 0.2) is 48.5 Å². The van der Waals surface area contributed by atoms with E-state index in [2.05, 4.69) is 14.9 Å². The first-order chi connectivity index (χ1) is 16.6. The Morgan fingerprint density at radius 2 is 1.74 bits per heavy atom. The van der Waals surface area contributed by atoms with E-state index < -0.39 is 17.6 Å². The predicted octanol–water partition coefficient (Wildman–Crippen LogP) is 5.19. The molecule has 0 radical (unpaired) electrons. The molecule has 0 N–H and O–H groups in total. The Morgan fingerprint density at radius 1 is 0.971 bits per heavy atom. The molecule has 4 rings (SSSR count). The number of halogens is 4. The summed E-state index contributed by atoms with van der Waals surface area (Å²) in [6.07, 6.45) is -3.42. The third kappa shape index (κ3) is 5.78. The number of rotatable bonds is 4. The number of hydrogen-bond donors (Lipinski definition) is 0. The van der Waals surface area contributed by atoms with E-state index in [-0.39, 0.29) is 11.4 Å². The maximum Gasteiger partial charge on any atom is 0.416 e. The monoisotopic (exact) mass is 486 g/mol. The molecule has 9 heteroatoms. The Morgan fingerprint density at radius 3 is 2.49 bits per heavy atom. The second-order valence-corrected chi connectivity index (χ2v) is 8.68. The third-order valence-corrected chi connectivity index (χ3v) is 6.09. The van der Waals surface area contributed by atoms with Crippen LogP contribution in [0.3, 0.4) is 0 Å². The number of nitrogens with zero attached hydrogens (tertiary/aromatic N) is 4. The molecule has 0 unspecified atom stereocenters. The van der Waals surface area contributed by atoms with Crippen LogP contribution >= 0.6 is 0 Å². The Balaban J connectivity index is 1.55. The zero-order valence-corrected chi connectivity index (χ0v) is 19.6. The lowest BCUT2D eigenvalue weighted by Gasteiger charge is -2.26. The van der Waals surface area contributed by atoms with Crippen molar-refractivity contribution in [2.45, 2.75) is 32.9 Å². The minimum atomic E-state index is -4.51. The number of aromatic nitrogens is 2. The van der Waals surface area contributed by atoms with E-state index in [9.17, 15) is 22.4 Å². The summed E-state index contributed by atoms with van der Waals surface area (Å²) in [6, 6.07) is 10.9. The molecule has 2 heterocycles. The molecule has 1 fully saturated rings. The van der Waals surface area contributed by atoms with Gasteiger partial charge in [-0.25, -0.2) is 14.4 Å². The number of alkyl halides is 3. The fourth-order valence-electron chi connectivity index (χ4n) is 4.38. The van der Waals surface area contributed by atoms with Gasteiger partial charge in [0, 0.05) is 49.4 Å². The molecule has 1 aliphatic rings. The van der Waals surface area contributed by atoms with Crippen molar-refractivity contribution in [2.75, 3.05) is 31.1 Å². The standard InChI is InChI=1S/C26H26F4N4O/c1-17-23(15-19-6-3-9-22(27)14-19)24(32-18(2)31-17)33-10-5-11-34(13-12-33)25(35)20-7-4-8-21(16-20)26(28,29)30/h3-4,6-9,14,16H,5,10-13,15H2,1-2H3. The fraction of sp³-hybridized carbons (Fsp3) is 0.346. The predicted molar refractivity (Wildman–Crippen MR) is 125 cm³/mol. The molecule has 0 atom stereocenters. The van der Waals surface area contributed by atoms with Crippen molar-refractivity contribution >= 4 is 11.7 Å². The minimum Gasteiger partial charge on any atom is -0.354 e. The van der Waals surface area contributed by atoms with Gasteiger partial charge in [0.05, 0.1) is 5.56 Å². The molecule has 0 bridgehead atoms. The van der Waals surface area contributed by atoms with E-state index in [0.29, 0.717) is 44.8 Å². The zero-order valence-electron chi connectivity index (χ0n) is 19.6. The van der Waals surface area contributed by atoms with Gasteiger partial charge in [-0.05, 0) is 56.2 Å². The molecule has 1 aliphatic heterocycles. The first kappa shape index (κ1) is 24.6. The molecule has 3 aromatic rings. The van der Waals surface area contributed by atoms with E-state index in [1.54, 1.807) is 11.0 Å². The molecule has 0 spiro atoms. The summed E-state index contributed by atoms with van der Waals surface area (Å²) < 4.78 is 53.0. The topological polar surface area (TPSA) is 49.3 Å². The first-order valence-electron chi connectivity index (χ1n) is 11.4. The SMILES string of the molecule is Cc1nc(C)c(Cc2cccc(F)c2)c(N2CCCN(C(=O)c3cccc(C(F)(F)F)c3)CC2)n1. The van der Waals surface area contributed by atoms with E-state index in [1.807, 2.05) is 19.9 Å². The highest BCUT2D eigenvalue weighted by Gasteiger charge is 2.31. The average Bonchev–Trinajstić information content (AvgIpc) is 3.06. The fourth-order valence-corrected chi connectivity index (χ4v) is 4.38.